The first-order valence-corrected chi connectivity index (χ1v) is 4.01. The first-order chi connectivity index (χ1) is 4.22. The molecule has 1 nitrogen and oxygen atoms in total. The van der Waals surface area contributed by atoms with Crippen LogP contribution in [0.5, 0.6) is 0 Å². The van der Waals surface area contributed by atoms with E-state index in [0.29, 0.717) is 5.54 Å². The zero-order valence-corrected chi connectivity index (χ0v) is 6.06. The zero-order valence-electron chi connectivity index (χ0n) is 6.06. The Morgan fingerprint density at radius 1 is 1.44 bits per heavy atom. The maximum absolute atomic E-state index is 6.03. The summed E-state index contributed by atoms with van der Waals surface area (Å²) >= 11 is 0. The zero-order chi connectivity index (χ0) is 6.48. The Morgan fingerprint density at radius 2 is 2.00 bits per heavy atom. The monoisotopic (exact) mass is 125 g/mol. The Labute approximate surface area is 56.6 Å². The Morgan fingerprint density at radius 3 is 2.33 bits per heavy atom. The second-order valence-corrected chi connectivity index (χ2v) is 3.86. The van der Waals surface area contributed by atoms with Crippen LogP contribution < -0.4 is 5.73 Å². The minimum Gasteiger partial charge on any atom is -0.325 e. The van der Waals surface area contributed by atoms with Gasteiger partial charge in [0.2, 0.25) is 0 Å². The van der Waals surface area contributed by atoms with E-state index in [9.17, 15) is 0 Å². The summed E-state index contributed by atoms with van der Waals surface area (Å²) in [6.45, 7) is 2.32. The maximum Gasteiger partial charge on any atom is 0.0184 e. The van der Waals surface area contributed by atoms with Crippen LogP contribution in [0, 0.1) is 11.8 Å². The van der Waals surface area contributed by atoms with Crippen molar-refractivity contribution < 1.29 is 0 Å². The quantitative estimate of drug-likeness (QED) is 0.595. The lowest BCUT2D eigenvalue weighted by Crippen LogP contribution is -2.31. The Hall–Kier alpha value is -0.0400. The van der Waals surface area contributed by atoms with Crippen molar-refractivity contribution in [2.24, 2.45) is 17.6 Å². The number of rotatable bonds is 2. The molecule has 0 heterocycles. The molecule has 0 aromatic carbocycles. The molecule has 0 bridgehead atoms. The van der Waals surface area contributed by atoms with Crippen molar-refractivity contribution in [2.75, 3.05) is 0 Å². The molecule has 0 radical (unpaired) electrons. The minimum atomic E-state index is 0.293. The molecule has 2 aliphatic carbocycles. The van der Waals surface area contributed by atoms with E-state index in [1.54, 1.807) is 0 Å². The molecular weight excluding hydrogens is 110 g/mol. The fourth-order valence-electron chi connectivity index (χ4n) is 1.67. The summed E-state index contributed by atoms with van der Waals surface area (Å²) in [4.78, 5) is 0. The van der Waals surface area contributed by atoms with Gasteiger partial charge in [0, 0.05) is 5.54 Å². The molecule has 1 heteroatoms. The largest absolute Gasteiger partial charge is 0.325 e. The SMILES string of the molecule is CC(C1CC1)C1(N)CC1. The molecular formula is C8H15N. The third-order valence-corrected chi connectivity index (χ3v) is 3.06. The van der Waals surface area contributed by atoms with Crippen LogP contribution in [-0.4, -0.2) is 5.54 Å². The maximum atomic E-state index is 6.03. The van der Waals surface area contributed by atoms with Gasteiger partial charge in [-0.3, -0.25) is 0 Å². The molecule has 0 aromatic rings. The van der Waals surface area contributed by atoms with Gasteiger partial charge >= 0.3 is 0 Å². The summed E-state index contributed by atoms with van der Waals surface area (Å²) in [6, 6.07) is 0. The summed E-state index contributed by atoms with van der Waals surface area (Å²) < 4.78 is 0. The van der Waals surface area contributed by atoms with Gasteiger partial charge in [-0.1, -0.05) is 6.92 Å². The summed E-state index contributed by atoms with van der Waals surface area (Å²) in [7, 11) is 0. The van der Waals surface area contributed by atoms with Gasteiger partial charge in [-0.2, -0.15) is 0 Å². The van der Waals surface area contributed by atoms with Gasteiger partial charge in [0.15, 0.2) is 0 Å². The van der Waals surface area contributed by atoms with Crippen molar-refractivity contribution in [3.63, 3.8) is 0 Å². The molecule has 2 saturated carbocycles. The van der Waals surface area contributed by atoms with E-state index in [4.69, 9.17) is 5.73 Å². The van der Waals surface area contributed by atoms with Gasteiger partial charge in [0.1, 0.15) is 0 Å². The molecule has 0 aromatic heterocycles. The average Bonchev–Trinajstić information content (AvgIpc) is 2.54. The van der Waals surface area contributed by atoms with E-state index in [1.807, 2.05) is 0 Å². The second kappa shape index (κ2) is 1.51. The van der Waals surface area contributed by atoms with E-state index >= 15 is 0 Å². The van der Waals surface area contributed by atoms with E-state index in [2.05, 4.69) is 6.92 Å². The standard InChI is InChI=1S/C8H15N/c1-6(7-2-3-7)8(9)4-5-8/h6-7H,2-5,9H2,1H3. The smallest absolute Gasteiger partial charge is 0.0184 e. The average molecular weight is 125 g/mol. The van der Waals surface area contributed by atoms with Gasteiger partial charge < -0.3 is 5.73 Å². The molecule has 52 valence electrons. The first kappa shape index (κ1) is 5.72. The van der Waals surface area contributed by atoms with Crippen molar-refractivity contribution in [3.8, 4) is 0 Å². The minimum absolute atomic E-state index is 0.293. The molecule has 9 heavy (non-hydrogen) atoms. The molecule has 1 unspecified atom stereocenters. The summed E-state index contributed by atoms with van der Waals surface area (Å²) in [5, 5.41) is 0. The van der Waals surface area contributed by atoms with E-state index in [1.165, 1.54) is 25.7 Å². The predicted molar refractivity (Wildman–Crippen MR) is 38.0 cm³/mol. The van der Waals surface area contributed by atoms with Crippen molar-refractivity contribution in [1.29, 1.82) is 0 Å². The highest BCUT2D eigenvalue weighted by Crippen LogP contribution is 2.50. The van der Waals surface area contributed by atoms with E-state index < -0.39 is 0 Å². The van der Waals surface area contributed by atoms with Gasteiger partial charge in [0.25, 0.3) is 0 Å². The van der Waals surface area contributed by atoms with Crippen LogP contribution in [0.4, 0.5) is 0 Å². The van der Waals surface area contributed by atoms with Crippen LogP contribution in [-0.2, 0) is 0 Å². The van der Waals surface area contributed by atoms with Crippen molar-refractivity contribution in [3.05, 3.63) is 0 Å². The predicted octanol–water partition coefficient (Wildman–Crippen LogP) is 1.52. The normalized spacial score (nSPS) is 34.0. The number of hydrogen-bond acceptors (Lipinski definition) is 1. The fraction of sp³-hybridized carbons (Fsp3) is 1.00. The van der Waals surface area contributed by atoms with Gasteiger partial charge in [-0.15, -0.1) is 0 Å². The molecule has 2 fully saturated rings. The second-order valence-electron chi connectivity index (χ2n) is 3.86. The highest BCUT2D eigenvalue weighted by molar-refractivity contribution is 5.06. The van der Waals surface area contributed by atoms with Crippen LogP contribution in [0.15, 0.2) is 0 Å². The highest BCUT2D eigenvalue weighted by atomic mass is 14.8. The number of nitrogens with two attached hydrogens (primary N) is 1. The Kier molecular flexibility index (Phi) is 0.963. The molecule has 1 atom stereocenters. The molecule has 0 saturated heterocycles. The summed E-state index contributed by atoms with van der Waals surface area (Å²) in [5.41, 5.74) is 6.32. The van der Waals surface area contributed by atoms with Crippen LogP contribution >= 0.6 is 0 Å². The van der Waals surface area contributed by atoms with E-state index in [-0.39, 0.29) is 0 Å². The van der Waals surface area contributed by atoms with Crippen LogP contribution in [0.2, 0.25) is 0 Å². The Bertz CT molecular complexity index is 123. The lowest BCUT2D eigenvalue weighted by Gasteiger charge is -2.17. The van der Waals surface area contributed by atoms with Gasteiger partial charge in [0.05, 0.1) is 0 Å². The Balaban J connectivity index is 1.95. The third-order valence-electron chi connectivity index (χ3n) is 3.06. The van der Waals surface area contributed by atoms with E-state index in [0.717, 1.165) is 11.8 Å². The van der Waals surface area contributed by atoms with Gasteiger partial charge in [-0.25, -0.2) is 0 Å². The van der Waals surface area contributed by atoms with Crippen molar-refractivity contribution >= 4 is 0 Å². The third kappa shape index (κ3) is 0.877. The summed E-state index contributed by atoms with van der Waals surface area (Å²) in [6.07, 6.45) is 5.45. The van der Waals surface area contributed by atoms with Gasteiger partial charge in [-0.05, 0) is 37.5 Å². The highest BCUT2D eigenvalue weighted by Gasteiger charge is 2.48. The fourth-order valence-corrected chi connectivity index (χ4v) is 1.67. The molecule has 0 amide bonds. The molecule has 0 aliphatic heterocycles. The molecule has 2 N–H and O–H groups in total. The lowest BCUT2D eigenvalue weighted by atomic mass is 9.95. The van der Waals surface area contributed by atoms with Crippen molar-refractivity contribution in [2.45, 2.75) is 38.1 Å². The molecule has 2 aliphatic rings. The summed E-state index contributed by atoms with van der Waals surface area (Å²) in [5.74, 6) is 1.81. The first-order valence-electron chi connectivity index (χ1n) is 4.01. The van der Waals surface area contributed by atoms with Crippen molar-refractivity contribution in [1.82, 2.24) is 0 Å². The lowest BCUT2D eigenvalue weighted by molar-refractivity contribution is 0.390. The molecule has 2 rings (SSSR count). The van der Waals surface area contributed by atoms with Crippen LogP contribution in [0.3, 0.4) is 0 Å². The number of hydrogen-bond donors (Lipinski definition) is 1. The van der Waals surface area contributed by atoms with Crippen LogP contribution in [0.1, 0.15) is 32.6 Å². The topological polar surface area (TPSA) is 26.0 Å². The molecule has 0 spiro atoms. The van der Waals surface area contributed by atoms with Crippen LogP contribution in [0.25, 0.3) is 0 Å².